The van der Waals surface area contributed by atoms with Crippen LogP contribution in [0.4, 0.5) is 4.39 Å². The molecule has 0 bridgehead atoms. The minimum absolute atomic E-state index is 0.0799. The second-order valence-corrected chi connectivity index (χ2v) is 4.12. The third-order valence-corrected chi connectivity index (χ3v) is 2.62. The Morgan fingerprint density at radius 3 is 2.93 bits per heavy atom. The summed E-state index contributed by atoms with van der Waals surface area (Å²) in [5.74, 6) is -0.766. The van der Waals surface area contributed by atoms with Crippen LogP contribution < -0.4 is 5.32 Å². The lowest BCUT2D eigenvalue weighted by atomic mass is 10.2. The molecule has 1 heterocycles. The lowest BCUT2D eigenvalue weighted by Crippen LogP contribution is -2.32. The average molecular weight is 275 g/mol. The van der Waals surface area contributed by atoms with Gasteiger partial charge in [-0.3, -0.25) is 4.79 Å². The molecule has 0 saturated heterocycles. The zero-order valence-electron chi connectivity index (χ0n) is 8.55. The quantitative estimate of drug-likeness (QED) is 0.920. The number of nitrogens with one attached hydrogen (secondary N) is 1. The summed E-state index contributed by atoms with van der Waals surface area (Å²) in [5, 5.41) is 2.75. The van der Waals surface area contributed by atoms with Gasteiger partial charge >= 0.3 is 0 Å². The molecule has 0 aliphatic rings. The molecule has 0 fully saturated rings. The molecule has 0 aliphatic carbocycles. The Kier molecular flexibility index (Phi) is 4.20. The highest BCUT2D eigenvalue weighted by atomic mass is 79.9. The van der Waals surface area contributed by atoms with Gasteiger partial charge in [-0.25, -0.2) is 9.37 Å². The topological polar surface area (TPSA) is 42.0 Å². The molecule has 0 radical (unpaired) electrons. The van der Waals surface area contributed by atoms with Gasteiger partial charge in [0.05, 0.1) is 10.7 Å². The zero-order chi connectivity index (χ0) is 11.4. The fourth-order valence-electron chi connectivity index (χ4n) is 0.976. The Bertz CT molecular complexity index is 370. The van der Waals surface area contributed by atoms with E-state index in [1.807, 2.05) is 13.8 Å². The lowest BCUT2D eigenvalue weighted by molar-refractivity contribution is 0.0933. The molecule has 15 heavy (non-hydrogen) atoms. The van der Waals surface area contributed by atoms with E-state index in [1.165, 1.54) is 6.07 Å². The Balaban J connectivity index is 2.82. The maximum Gasteiger partial charge on any atom is 0.271 e. The van der Waals surface area contributed by atoms with E-state index in [9.17, 15) is 9.18 Å². The number of pyridine rings is 1. The van der Waals surface area contributed by atoms with Gasteiger partial charge in [0.2, 0.25) is 0 Å². The fraction of sp³-hybridized carbons (Fsp3) is 0.400. The number of aromatic nitrogens is 1. The molecule has 0 aromatic carbocycles. The molecule has 1 atom stereocenters. The van der Waals surface area contributed by atoms with Gasteiger partial charge in [0, 0.05) is 6.04 Å². The standard InChI is InChI=1S/C10H12BrFN2O/c1-3-6(2)14-10(15)9-8(11)4-7(12)5-13-9/h4-6H,3H2,1-2H3,(H,14,15)/t6-/m0/s1. The van der Waals surface area contributed by atoms with E-state index >= 15 is 0 Å². The van der Waals surface area contributed by atoms with E-state index in [0.29, 0.717) is 4.47 Å². The number of nitrogens with zero attached hydrogens (tertiary/aromatic N) is 1. The Labute approximate surface area is 96.2 Å². The normalized spacial score (nSPS) is 12.3. The Morgan fingerprint density at radius 2 is 2.40 bits per heavy atom. The van der Waals surface area contributed by atoms with E-state index in [4.69, 9.17) is 0 Å². The summed E-state index contributed by atoms with van der Waals surface area (Å²) in [6.45, 7) is 3.87. The van der Waals surface area contributed by atoms with Gasteiger partial charge in [-0.1, -0.05) is 6.92 Å². The van der Waals surface area contributed by atoms with Gasteiger partial charge < -0.3 is 5.32 Å². The van der Waals surface area contributed by atoms with Crippen LogP contribution in [0.3, 0.4) is 0 Å². The highest BCUT2D eigenvalue weighted by Crippen LogP contribution is 2.15. The van der Waals surface area contributed by atoms with Crippen LogP contribution in [0.5, 0.6) is 0 Å². The maximum absolute atomic E-state index is 12.7. The van der Waals surface area contributed by atoms with Gasteiger partial charge in [0.15, 0.2) is 0 Å². The first-order valence-corrected chi connectivity index (χ1v) is 5.45. The van der Waals surface area contributed by atoms with Crippen molar-refractivity contribution < 1.29 is 9.18 Å². The summed E-state index contributed by atoms with van der Waals surface area (Å²) in [4.78, 5) is 15.4. The number of halogens is 2. The molecular formula is C10H12BrFN2O. The van der Waals surface area contributed by atoms with Crippen molar-refractivity contribution in [3.8, 4) is 0 Å². The van der Waals surface area contributed by atoms with Crippen LogP contribution in [0.25, 0.3) is 0 Å². The summed E-state index contributed by atoms with van der Waals surface area (Å²) >= 11 is 3.10. The SMILES string of the molecule is CC[C@H](C)NC(=O)c1ncc(F)cc1Br. The molecule has 5 heteroatoms. The van der Waals surface area contributed by atoms with Gasteiger partial charge in [0.25, 0.3) is 5.91 Å². The molecule has 0 spiro atoms. The minimum Gasteiger partial charge on any atom is -0.348 e. The van der Waals surface area contributed by atoms with E-state index in [0.717, 1.165) is 12.6 Å². The number of carbonyl (C=O) groups excluding carboxylic acids is 1. The molecule has 1 aromatic rings. The molecule has 1 aromatic heterocycles. The molecule has 3 nitrogen and oxygen atoms in total. The van der Waals surface area contributed by atoms with Gasteiger partial charge in [-0.05, 0) is 35.3 Å². The third-order valence-electron chi connectivity index (χ3n) is 2.01. The molecule has 0 saturated carbocycles. The van der Waals surface area contributed by atoms with Crippen LogP contribution >= 0.6 is 15.9 Å². The molecule has 0 unspecified atom stereocenters. The predicted octanol–water partition coefficient (Wildman–Crippen LogP) is 2.51. The highest BCUT2D eigenvalue weighted by molar-refractivity contribution is 9.10. The summed E-state index contributed by atoms with van der Waals surface area (Å²) in [6, 6.07) is 1.30. The first kappa shape index (κ1) is 12.1. The van der Waals surface area contributed by atoms with Gasteiger partial charge in [0.1, 0.15) is 11.5 Å². The molecule has 0 aliphatic heterocycles. The van der Waals surface area contributed by atoms with Crippen molar-refractivity contribution in [1.29, 1.82) is 0 Å². The van der Waals surface area contributed by atoms with E-state index < -0.39 is 5.82 Å². The number of hydrogen-bond acceptors (Lipinski definition) is 2. The maximum atomic E-state index is 12.7. The van der Waals surface area contributed by atoms with Crippen molar-refractivity contribution in [2.75, 3.05) is 0 Å². The first-order chi connectivity index (χ1) is 7.04. The smallest absolute Gasteiger partial charge is 0.271 e. The second kappa shape index (κ2) is 5.21. The fourth-order valence-corrected chi connectivity index (χ4v) is 1.48. The molecular weight excluding hydrogens is 263 g/mol. The van der Waals surface area contributed by atoms with Crippen molar-refractivity contribution >= 4 is 21.8 Å². The molecule has 1 N–H and O–H groups in total. The van der Waals surface area contributed by atoms with Crippen LogP contribution in [0, 0.1) is 5.82 Å². The van der Waals surface area contributed by atoms with Gasteiger partial charge in [-0.2, -0.15) is 0 Å². The summed E-state index contributed by atoms with van der Waals surface area (Å²) < 4.78 is 13.1. The highest BCUT2D eigenvalue weighted by Gasteiger charge is 2.13. The van der Waals surface area contributed by atoms with E-state index in [1.54, 1.807) is 0 Å². The minimum atomic E-state index is -0.470. The van der Waals surface area contributed by atoms with E-state index in [-0.39, 0.29) is 17.6 Å². The van der Waals surface area contributed by atoms with Gasteiger partial charge in [-0.15, -0.1) is 0 Å². The predicted molar refractivity (Wildman–Crippen MR) is 59.1 cm³/mol. The summed E-state index contributed by atoms with van der Waals surface area (Å²) in [6.07, 6.45) is 1.86. The second-order valence-electron chi connectivity index (χ2n) is 3.27. The Morgan fingerprint density at radius 1 is 1.73 bits per heavy atom. The van der Waals surface area contributed by atoms with Crippen molar-refractivity contribution in [2.45, 2.75) is 26.3 Å². The number of rotatable bonds is 3. The number of hydrogen-bond donors (Lipinski definition) is 1. The van der Waals surface area contributed by atoms with Crippen LogP contribution in [0.2, 0.25) is 0 Å². The Hall–Kier alpha value is -0.970. The largest absolute Gasteiger partial charge is 0.348 e. The van der Waals surface area contributed by atoms with Crippen LogP contribution in [-0.2, 0) is 0 Å². The summed E-state index contributed by atoms with van der Waals surface area (Å²) in [7, 11) is 0. The van der Waals surface area contributed by atoms with E-state index in [2.05, 4.69) is 26.2 Å². The number of carbonyl (C=O) groups is 1. The third kappa shape index (κ3) is 3.27. The number of amides is 1. The van der Waals surface area contributed by atoms with Crippen molar-refractivity contribution in [3.63, 3.8) is 0 Å². The zero-order valence-corrected chi connectivity index (χ0v) is 10.1. The monoisotopic (exact) mass is 274 g/mol. The molecule has 1 rings (SSSR count). The van der Waals surface area contributed by atoms with Crippen molar-refractivity contribution in [3.05, 3.63) is 28.2 Å². The van der Waals surface area contributed by atoms with Crippen LogP contribution in [0.15, 0.2) is 16.7 Å². The average Bonchev–Trinajstić information content (AvgIpc) is 2.17. The summed E-state index contributed by atoms with van der Waals surface area (Å²) in [5.41, 5.74) is 0.205. The van der Waals surface area contributed by atoms with Crippen molar-refractivity contribution in [2.24, 2.45) is 0 Å². The first-order valence-electron chi connectivity index (χ1n) is 4.66. The van der Waals surface area contributed by atoms with Crippen LogP contribution in [0.1, 0.15) is 30.8 Å². The lowest BCUT2D eigenvalue weighted by Gasteiger charge is -2.11. The van der Waals surface area contributed by atoms with Crippen molar-refractivity contribution in [1.82, 2.24) is 10.3 Å². The van der Waals surface area contributed by atoms with Crippen LogP contribution in [-0.4, -0.2) is 16.9 Å². The molecule has 1 amide bonds. The molecule has 82 valence electrons.